The molecule has 0 aliphatic carbocycles. The first-order chi connectivity index (χ1) is 9.81. The van der Waals surface area contributed by atoms with Gasteiger partial charge in [0.25, 0.3) is 0 Å². The molecule has 0 spiro atoms. The lowest BCUT2D eigenvalue weighted by molar-refractivity contribution is 0.280. The van der Waals surface area contributed by atoms with Crippen LogP contribution in [0.5, 0.6) is 0 Å². The van der Waals surface area contributed by atoms with Crippen LogP contribution in [-0.2, 0) is 6.54 Å². The van der Waals surface area contributed by atoms with Crippen molar-refractivity contribution in [3.8, 4) is 11.3 Å². The second kappa shape index (κ2) is 5.35. The van der Waals surface area contributed by atoms with Crippen LogP contribution in [0.4, 0.5) is 5.69 Å². The number of anilines is 1. The summed E-state index contributed by atoms with van der Waals surface area (Å²) in [6.07, 6.45) is 4.45. The maximum absolute atomic E-state index is 9.00. The van der Waals surface area contributed by atoms with E-state index in [0.29, 0.717) is 5.69 Å². The van der Waals surface area contributed by atoms with Gasteiger partial charge in [-0.1, -0.05) is 18.2 Å². The van der Waals surface area contributed by atoms with E-state index in [2.05, 4.69) is 15.6 Å². The Bertz CT molecular complexity index is 733. The summed E-state index contributed by atoms with van der Waals surface area (Å²) in [7, 11) is 0. The van der Waals surface area contributed by atoms with Crippen LogP contribution >= 0.6 is 0 Å². The van der Waals surface area contributed by atoms with Gasteiger partial charge in [-0.3, -0.25) is 4.98 Å². The van der Waals surface area contributed by atoms with Crippen LogP contribution in [0, 0.1) is 0 Å². The van der Waals surface area contributed by atoms with Crippen LogP contribution in [0.1, 0.15) is 6.42 Å². The molecule has 4 nitrogen and oxygen atoms in total. The number of hydrogen-bond acceptors (Lipinski definition) is 3. The molecule has 102 valence electrons. The number of nitrogen functional groups attached to an aromatic ring is 1. The quantitative estimate of drug-likeness (QED) is 0.764. The smallest absolute Gasteiger partial charge is 0.0710 e. The van der Waals surface area contributed by atoms with Crippen molar-refractivity contribution in [3.05, 3.63) is 48.8 Å². The normalized spacial score (nSPS) is 11.1. The van der Waals surface area contributed by atoms with Crippen molar-refractivity contribution < 1.29 is 5.11 Å². The zero-order valence-electron chi connectivity index (χ0n) is 11.2. The van der Waals surface area contributed by atoms with Crippen LogP contribution in [0.2, 0.25) is 0 Å². The minimum Gasteiger partial charge on any atom is -0.397 e. The molecule has 0 unspecified atom stereocenters. The number of aliphatic hydroxyl groups excluding tert-OH is 1. The molecular formula is C16H17N3O. The summed E-state index contributed by atoms with van der Waals surface area (Å²) in [5.74, 6) is 0. The topological polar surface area (TPSA) is 64.1 Å². The van der Waals surface area contributed by atoms with Gasteiger partial charge in [-0.2, -0.15) is 0 Å². The van der Waals surface area contributed by atoms with Crippen molar-refractivity contribution in [1.29, 1.82) is 0 Å². The van der Waals surface area contributed by atoms with Crippen LogP contribution < -0.4 is 5.73 Å². The standard InChI is InChI=1S/C16H17N3O/c17-13-11-18-14-6-2-1-5-12(14)16(13)15-7-3-8-19(15)9-4-10-20/h1-3,5-8,11,20H,4,9-10,17H2. The molecule has 4 heteroatoms. The Labute approximate surface area is 117 Å². The SMILES string of the molecule is Nc1cnc2ccccc2c1-c1cccn1CCCO. The van der Waals surface area contributed by atoms with Gasteiger partial charge in [0, 0.05) is 30.3 Å². The van der Waals surface area contributed by atoms with Gasteiger partial charge in [0.2, 0.25) is 0 Å². The molecule has 20 heavy (non-hydrogen) atoms. The molecule has 3 N–H and O–H groups in total. The molecule has 0 aliphatic rings. The van der Waals surface area contributed by atoms with E-state index in [1.807, 2.05) is 36.5 Å². The summed E-state index contributed by atoms with van der Waals surface area (Å²) in [6, 6.07) is 12.0. The van der Waals surface area contributed by atoms with Crippen LogP contribution in [-0.4, -0.2) is 21.3 Å². The van der Waals surface area contributed by atoms with Crippen molar-refractivity contribution in [3.63, 3.8) is 0 Å². The summed E-state index contributed by atoms with van der Waals surface area (Å²) < 4.78 is 2.12. The largest absolute Gasteiger partial charge is 0.397 e. The highest BCUT2D eigenvalue weighted by atomic mass is 16.3. The van der Waals surface area contributed by atoms with Gasteiger partial charge in [0.05, 0.1) is 23.1 Å². The van der Waals surface area contributed by atoms with Crippen molar-refractivity contribution in [2.24, 2.45) is 0 Å². The number of aryl methyl sites for hydroxylation is 1. The lowest BCUT2D eigenvalue weighted by atomic mass is 10.0. The first-order valence-electron chi connectivity index (χ1n) is 6.71. The highest BCUT2D eigenvalue weighted by Crippen LogP contribution is 2.33. The Morgan fingerprint density at radius 1 is 1.15 bits per heavy atom. The van der Waals surface area contributed by atoms with Crippen molar-refractivity contribution >= 4 is 16.6 Å². The Balaban J connectivity index is 2.19. The third kappa shape index (κ3) is 2.14. The fourth-order valence-electron chi connectivity index (χ4n) is 2.52. The Hall–Kier alpha value is -2.33. The molecule has 0 aliphatic heterocycles. The molecule has 3 aromatic rings. The van der Waals surface area contributed by atoms with E-state index in [1.54, 1.807) is 6.20 Å². The molecule has 2 aromatic heterocycles. The molecule has 0 bridgehead atoms. The fraction of sp³-hybridized carbons (Fsp3) is 0.188. The van der Waals surface area contributed by atoms with Crippen LogP contribution in [0.15, 0.2) is 48.8 Å². The van der Waals surface area contributed by atoms with Gasteiger partial charge in [-0.25, -0.2) is 0 Å². The maximum atomic E-state index is 9.00. The number of para-hydroxylation sites is 1. The molecular weight excluding hydrogens is 250 g/mol. The second-order valence-electron chi connectivity index (χ2n) is 4.77. The molecule has 2 heterocycles. The zero-order chi connectivity index (χ0) is 13.9. The monoisotopic (exact) mass is 267 g/mol. The predicted molar refractivity (Wildman–Crippen MR) is 81.3 cm³/mol. The number of pyridine rings is 1. The molecule has 3 rings (SSSR count). The van der Waals surface area contributed by atoms with E-state index in [1.165, 1.54) is 0 Å². The van der Waals surface area contributed by atoms with E-state index in [9.17, 15) is 0 Å². The number of aliphatic hydroxyl groups is 1. The Kier molecular flexibility index (Phi) is 3.39. The predicted octanol–water partition coefficient (Wildman–Crippen LogP) is 2.67. The fourth-order valence-corrected chi connectivity index (χ4v) is 2.52. The van der Waals surface area contributed by atoms with Gasteiger partial charge in [-0.05, 0) is 24.6 Å². The maximum Gasteiger partial charge on any atom is 0.0710 e. The van der Waals surface area contributed by atoms with E-state index in [4.69, 9.17) is 10.8 Å². The van der Waals surface area contributed by atoms with Gasteiger partial charge in [0.1, 0.15) is 0 Å². The Morgan fingerprint density at radius 2 is 2.00 bits per heavy atom. The Morgan fingerprint density at radius 3 is 2.85 bits per heavy atom. The molecule has 0 amide bonds. The lowest BCUT2D eigenvalue weighted by Gasteiger charge is -2.13. The minimum atomic E-state index is 0.185. The first-order valence-corrected chi connectivity index (χ1v) is 6.71. The molecule has 1 aromatic carbocycles. The van der Waals surface area contributed by atoms with Crippen molar-refractivity contribution in [1.82, 2.24) is 9.55 Å². The number of hydrogen-bond donors (Lipinski definition) is 2. The van der Waals surface area contributed by atoms with Gasteiger partial charge in [0.15, 0.2) is 0 Å². The number of nitrogens with zero attached hydrogens (tertiary/aromatic N) is 2. The second-order valence-corrected chi connectivity index (χ2v) is 4.77. The summed E-state index contributed by atoms with van der Waals surface area (Å²) in [5.41, 5.74) is 9.84. The third-order valence-electron chi connectivity index (χ3n) is 3.45. The summed E-state index contributed by atoms with van der Waals surface area (Å²) in [5, 5.41) is 10.1. The first kappa shape index (κ1) is 12.7. The van der Waals surface area contributed by atoms with E-state index in [0.717, 1.165) is 35.1 Å². The highest BCUT2D eigenvalue weighted by Gasteiger charge is 2.12. The number of nitrogens with two attached hydrogens (primary N) is 1. The number of benzene rings is 1. The van der Waals surface area contributed by atoms with Crippen molar-refractivity contribution in [2.75, 3.05) is 12.3 Å². The van der Waals surface area contributed by atoms with Gasteiger partial charge < -0.3 is 15.4 Å². The molecule has 0 fully saturated rings. The summed E-state index contributed by atoms with van der Waals surface area (Å²) in [6.45, 7) is 0.957. The minimum absolute atomic E-state index is 0.185. The summed E-state index contributed by atoms with van der Waals surface area (Å²) >= 11 is 0. The molecule has 0 saturated heterocycles. The van der Waals surface area contributed by atoms with E-state index < -0.39 is 0 Å². The third-order valence-corrected chi connectivity index (χ3v) is 3.45. The molecule has 0 saturated carbocycles. The molecule has 0 atom stereocenters. The van der Waals surface area contributed by atoms with Gasteiger partial charge in [-0.15, -0.1) is 0 Å². The average molecular weight is 267 g/mol. The van der Waals surface area contributed by atoms with Crippen LogP contribution in [0.25, 0.3) is 22.2 Å². The van der Waals surface area contributed by atoms with E-state index in [-0.39, 0.29) is 6.61 Å². The lowest BCUT2D eigenvalue weighted by Crippen LogP contribution is -2.03. The average Bonchev–Trinajstić information content (AvgIpc) is 2.93. The highest BCUT2D eigenvalue weighted by molar-refractivity contribution is 5.99. The van der Waals surface area contributed by atoms with E-state index >= 15 is 0 Å². The number of rotatable bonds is 4. The zero-order valence-corrected chi connectivity index (χ0v) is 11.2. The number of fused-ring (bicyclic) bond motifs is 1. The molecule has 0 radical (unpaired) electrons. The number of aromatic nitrogens is 2. The van der Waals surface area contributed by atoms with Gasteiger partial charge >= 0.3 is 0 Å². The summed E-state index contributed by atoms with van der Waals surface area (Å²) in [4.78, 5) is 4.37. The van der Waals surface area contributed by atoms with Crippen LogP contribution in [0.3, 0.4) is 0 Å². The van der Waals surface area contributed by atoms with Crippen molar-refractivity contribution in [2.45, 2.75) is 13.0 Å².